The molecule has 1 unspecified atom stereocenters. The van der Waals surface area contributed by atoms with E-state index in [9.17, 15) is 5.11 Å². The van der Waals surface area contributed by atoms with Crippen molar-refractivity contribution in [3.63, 3.8) is 0 Å². The first-order valence-electron chi connectivity index (χ1n) is 8.76. The van der Waals surface area contributed by atoms with Crippen molar-refractivity contribution in [3.05, 3.63) is 63.0 Å². The standard InChI is InChI=1S/C21H25Br2NO2/c1-4-5-10-21(2,3)20(25)19(12-15-7-6-11-24-14-15)26-18-9-8-16(22)13-17(18)23/h6-9,11-14,20,25H,4-5,10H2,1-3H3/b19-12+. The molecular formula is C21H25Br2NO2. The van der Waals surface area contributed by atoms with Gasteiger partial charge in [-0.1, -0.05) is 55.6 Å². The van der Waals surface area contributed by atoms with Crippen LogP contribution in [0.15, 0.2) is 57.4 Å². The molecule has 1 aromatic heterocycles. The van der Waals surface area contributed by atoms with Gasteiger partial charge in [-0.15, -0.1) is 0 Å². The molecule has 2 rings (SSSR count). The highest BCUT2D eigenvalue weighted by Crippen LogP contribution is 2.36. The molecule has 2 aromatic rings. The average Bonchev–Trinajstić information content (AvgIpc) is 2.62. The number of halogens is 2. The Labute approximate surface area is 172 Å². The maximum Gasteiger partial charge on any atom is 0.141 e. The topological polar surface area (TPSA) is 42.4 Å². The average molecular weight is 483 g/mol. The second-order valence-electron chi connectivity index (χ2n) is 7.00. The second-order valence-corrected chi connectivity index (χ2v) is 8.77. The number of aliphatic hydroxyl groups excluding tert-OH is 1. The number of nitrogens with zero attached hydrogens (tertiary/aromatic N) is 1. The van der Waals surface area contributed by atoms with Crippen molar-refractivity contribution < 1.29 is 9.84 Å². The highest BCUT2D eigenvalue weighted by Gasteiger charge is 2.32. The van der Waals surface area contributed by atoms with Crippen LogP contribution in [0.3, 0.4) is 0 Å². The fourth-order valence-corrected chi connectivity index (χ4v) is 3.76. The highest BCUT2D eigenvalue weighted by molar-refractivity contribution is 9.11. The van der Waals surface area contributed by atoms with Gasteiger partial charge < -0.3 is 9.84 Å². The lowest BCUT2D eigenvalue weighted by Gasteiger charge is -2.32. The number of unbranched alkanes of at least 4 members (excludes halogenated alkanes) is 1. The Hall–Kier alpha value is -1.17. The van der Waals surface area contributed by atoms with Gasteiger partial charge in [0.1, 0.15) is 17.6 Å². The molecule has 26 heavy (non-hydrogen) atoms. The van der Waals surface area contributed by atoms with Gasteiger partial charge in [-0.25, -0.2) is 0 Å². The van der Waals surface area contributed by atoms with E-state index in [0.29, 0.717) is 11.5 Å². The summed E-state index contributed by atoms with van der Waals surface area (Å²) in [4.78, 5) is 4.15. The molecule has 1 atom stereocenters. The summed E-state index contributed by atoms with van der Waals surface area (Å²) in [6.07, 6.45) is 7.68. The number of rotatable bonds is 8. The molecule has 0 saturated carbocycles. The molecule has 0 spiro atoms. The number of hydrogen-bond donors (Lipinski definition) is 1. The van der Waals surface area contributed by atoms with Crippen molar-refractivity contribution >= 4 is 37.9 Å². The monoisotopic (exact) mass is 481 g/mol. The number of ether oxygens (including phenoxy) is 1. The van der Waals surface area contributed by atoms with Crippen LogP contribution >= 0.6 is 31.9 Å². The third-order valence-electron chi connectivity index (χ3n) is 4.30. The van der Waals surface area contributed by atoms with E-state index >= 15 is 0 Å². The fourth-order valence-electron chi connectivity index (χ4n) is 2.63. The van der Waals surface area contributed by atoms with E-state index in [1.54, 1.807) is 12.4 Å². The summed E-state index contributed by atoms with van der Waals surface area (Å²) in [5.74, 6) is 1.18. The second kappa shape index (κ2) is 9.67. The van der Waals surface area contributed by atoms with Gasteiger partial charge in [0.05, 0.1) is 4.47 Å². The molecule has 0 aliphatic carbocycles. The van der Waals surface area contributed by atoms with E-state index in [1.165, 1.54) is 0 Å². The largest absolute Gasteiger partial charge is 0.458 e. The summed E-state index contributed by atoms with van der Waals surface area (Å²) >= 11 is 6.97. The Morgan fingerprint density at radius 1 is 1.31 bits per heavy atom. The van der Waals surface area contributed by atoms with Crippen molar-refractivity contribution in [2.75, 3.05) is 0 Å². The normalized spacial score (nSPS) is 13.5. The summed E-state index contributed by atoms with van der Waals surface area (Å²) < 4.78 is 7.93. The number of benzene rings is 1. The van der Waals surface area contributed by atoms with Crippen LogP contribution in [0, 0.1) is 5.41 Å². The minimum atomic E-state index is -0.732. The number of pyridine rings is 1. The molecule has 1 heterocycles. The Balaban J connectivity index is 2.37. The maximum atomic E-state index is 11.1. The van der Waals surface area contributed by atoms with Gasteiger partial charge in [0.25, 0.3) is 0 Å². The summed E-state index contributed by atoms with van der Waals surface area (Å²) in [5, 5.41) is 11.1. The van der Waals surface area contributed by atoms with E-state index in [-0.39, 0.29) is 5.41 Å². The molecule has 0 saturated heterocycles. The van der Waals surface area contributed by atoms with Gasteiger partial charge in [0, 0.05) is 16.9 Å². The van der Waals surface area contributed by atoms with E-state index in [1.807, 2.05) is 36.4 Å². The van der Waals surface area contributed by atoms with Crippen molar-refractivity contribution in [2.45, 2.75) is 46.1 Å². The van der Waals surface area contributed by atoms with Gasteiger partial charge in [0.2, 0.25) is 0 Å². The first-order valence-corrected chi connectivity index (χ1v) is 10.3. The SMILES string of the molecule is CCCCC(C)(C)C(O)/C(=C\c1cccnc1)Oc1ccc(Br)cc1Br. The fraction of sp³-hybridized carbons (Fsp3) is 0.381. The lowest BCUT2D eigenvalue weighted by atomic mass is 9.80. The minimum absolute atomic E-state index is 0.300. The van der Waals surface area contributed by atoms with Gasteiger partial charge in [-0.05, 0) is 63.7 Å². The van der Waals surface area contributed by atoms with Gasteiger partial charge >= 0.3 is 0 Å². The Kier molecular flexibility index (Phi) is 7.86. The first-order chi connectivity index (χ1) is 12.3. The zero-order valence-corrected chi connectivity index (χ0v) is 18.5. The minimum Gasteiger partial charge on any atom is -0.458 e. The summed E-state index contributed by atoms with van der Waals surface area (Å²) in [6.45, 7) is 6.30. The zero-order valence-electron chi connectivity index (χ0n) is 15.4. The molecule has 0 radical (unpaired) electrons. The Morgan fingerprint density at radius 3 is 2.69 bits per heavy atom. The molecule has 0 bridgehead atoms. The third-order valence-corrected chi connectivity index (χ3v) is 5.41. The van der Waals surface area contributed by atoms with E-state index in [4.69, 9.17) is 4.74 Å². The van der Waals surface area contributed by atoms with E-state index in [0.717, 1.165) is 33.8 Å². The van der Waals surface area contributed by atoms with Crippen LogP contribution in [0.2, 0.25) is 0 Å². The summed E-state index contributed by atoms with van der Waals surface area (Å²) in [7, 11) is 0. The highest BCUT2D eigenvalue weighted by atomic mass is 79.9. The quantitative estimate of drug-likeness (QED) is 0.430. The lowest BCUT2D eigenvalue weighted by molar-refractivity contribution is 0.0447. The summed E-state index contributed by atoms with van der Waals surface area (Å²) in [6, 6.07) is 9.52. The van der Waals surface area contributed by atoms with Crippen molar-refractivity contribution in [1.82, 2.24) is 4.98 Å². The Bertz CT molecular complexity index is 745. The zero-order chi connectivity index (χ0) is 19.2. The molecule has 1 aromatic carbocycles. The van der Waals surface area contributed by atoms with Crippen LogP contribution in [-0.4, -0.2) is 16.2 Å². The molecule has 1 N–H and O–H groups in total. The third kappa shape index (κ3) is 5.93. The van der Waals surface area contributed by atoms with Crippen LogP contribution in [0.1, 0.15) is 45.6 Å². The van der Waals surface area contributed by atoms with Crippen LogP contribution in [0.25, 0.3) is 6.08 Å². The summed E-state index contributed by atoms with van der Waals surface area (Å²) in [5.41, 5.74) is 0.590. The van der Waals surface area contributed by atoms with Crippen molar-refractivity contribution in [2.24, 2.45) is 5.41 Å². The van der Waals surface area contributed by atoms with Crippen molar-refractivity contribution in [1.29, 1.82) is 0 Å². The predicted molar refractivity (Wildman–Crippen MR) is 114 cm³/mol. The smallest absolute Gasteiger partial charge is 0.141 e. The van der Waals surface area contributed by atoms with Crippen molar-refractivity contribution in [3.8, 4) is 5.75 Å². The molecular weight excluding hydrogens is 458 g/mol. The van der Waals surface area contributed by atoms with Crippen LogP contribution in [0.5, 0.6) is 5.75 Å². The molecule has 0 fully saturated rings. The molecule has 140 valence electrons. The predicted octanol–water partition coefficient (Wildman–Crippen LogP) is 6.60. The first kappa shape index (κ1) is 21.1. The molecule has 0 aliphatic heterocycles. The number of aromatic nitrogens is 1. The number of aliphatic hydroxyl groups is 1. The Morgan fingerprint density at radius 2 is 2.08 bits per heavy atom. The van der Waals surface area contributed by atoms with Crippen LogP contribution < -0.4 is 4.74 Å². The van der Waals surface area contributed by atoms with E-state index in [2.05, 4.69) is 57.6 Å². The molecule has 0 aliphatic rings. The maximum absolute atomic E-state index is 11.1. The molecule has 3 nitrogen and oxygen atoms in total. The van der Waals surface area contributed by atoms with Gasteiger partial charge in [-0.3, -0.25) is 4.98 Å². The van der Waals surface area contributed by atoms with Gasteiger partial charge in [-0.2, -0.15) is 0 Å². The molecule has 5 heteroatoms. The van der Waals surface area contributed by atoms with Crippen LogP contribution in [-0.2, 0) is 0 Å². The molecule has 0 amide bonds. The van der Waals surface area contributed by atoms with Gasteiger partial charge in [0.15, 0.2) is 0 Å². The lowest BCUT2D eigenvalue weighted by Crippen LogP contribution is -2.33. The number of hydrogen-bond acceptors (Lipinski definition) is 3. The van der Waals surface area contributed by atoms with E-state index < -0.39 is 6.10 Å². The van der Waals surface area contributed by atoms with Crippen LogP contribution in [0.4, 0.5) is 0 Å².